The number of alkyl halides is 3. The van der Waals surface area contributed by atoms with Gasteiger partial charge in [0.25, 0.3) is 0 Å². The molecule has 0 spiro atoms. The second-order valence-corrected chi connectivity index (χ2v) is 8.56. The maximum absolute atomic E-state index is 13.2. The molecule has 0 aliphatic carbocycles. The first-order chi connectivity index (χ1) is 12.2. The van der Waals surface area contributed by atoms with E-state index in [9.17, 15) is 13.2 Å². The van der Waals surface area contributed by atoms with E-state index in [4.69, 9.17) is 27.9 Å². The lowest BCUT2D eigenvalue weighted by atomic mass is 10.2. The van der Waals surface area contributed by atoms with Crippen molar-refractivity contribution in [2.45, 2.75) is 18.0 Å². The van der Waals surface area contributed by atoms with E-state index in [1.54, 1.807) is 28.7 Å². The molecule has 10 heteroatoms. The number of nitrogens with zero attached hydrogens (tertiary/aromatic N) is 2. The van der Waals surface area contributed by atoms with Crippen LogP contribution in [0.25, 0.3) is 0 Å². The summed E-state index contributed by atoms with van der Waals surface area (Å²) in [5.74, 6) is 0. The molecule has 2 rings (SSSR count). The summed E-state index contributed by atoms with van der Waals surface area (Å²) in [6, 6.07) is 5.54. The summed E-state index contributed by atoms with van der Waals surface area (Å²) >= 11 is 15.1. The van der Waals surface area contributed by atoms with E-state index in [1.807, 2.05) is 0 Å². The van der Waals surface area contributed by atoms with Gasteiger partial charge in [-0.3, -0.25) is 4.31 Å². The molecular weight excluding hydrogens is 476 g/mol. The van der Waals surface area contributed by atoms with Gasteiger partial charge in [0.05, 0.1) is 21.3 Å². The molecule has 3 nitrogen and oxygen atoms in total. The minimum atomic E-state index is -4.54. The summed E-state index contributed by atoms with van der Waals surface area (Å²) in [6.45, 7) is 1.89. The van der Waals surface area contributed by atoms with E-state index >= 15 is 0 Å². The van der Waals surface area contributed by atoms with Crippen LogP contribution in [0.1, 0.15) is 12.5 Å². The highest BCUT2D eigenvalue weighted by atomic mass is 79.9. The molecule has 0 saturated carbocycles. The standard InChI is InChI=1S/C16H14BrCl2F3N2OS/c1-3-26(11-4-5-13(19)12(7-11)16(20,21)22)24(9-25-2)14-6-10(18)8-23-15(14)17/h3-8H,9H2,1-2H3. The molecule has 1 unspecified atom stereocenters. The van der Waals surface area contributed by atoms with Gasteiger partial charge in [0.15, 0.2) is 0 Å². The largest absolute Gasteiger partial charge is 0.417 e. The predicted molar refractivity (Wildman–Crippen MR) is 105 cm³/mol. The summed E-state index contributed by atoms with van der Waals surface area (Å²) in [5, 5.41) is 1.84. The van der Waals surface area contributed by atoms with E-state index in [0.717, 1.165) is 6.07 Å². The van der Waals surface area contributed by atoms with Gasteiger partial charge in [0.1, 0.15) is 11.3 Å². The lowest BCUT2D eigenvalue weighted by Gasteiger charge is -2.29. The second kappa shape index (κ2) is 8.93. The SMILES string of the molecule is C/C=S(\c1ccc(Cl)c(C(F)(F)F)c1)N(COC)c1cc(Cl)cnc1Br. The number of methoxy groups -OCH3 is 1. The third-order valence-corrected chi connectivity index (χ3v) is 6.36. The monoisotopic (exact) mass is 488 g/mol. The second-order valence-electron chi connectivity index (χ2n) is 4.95. The summed E-state index contributed by atoms with van der Waals surface area (Å²) in [5.41, 5.74) is -0.277. The number of hydrogen-bond acceptors (Lipinski definition) is 3. The number of anilines is 1. The lowest BCUT2D eigenvalue weighted by Crippen LogP contribution is -2.21. The summed E-state index contributed by atoms with van der Waals surface area (Å²) in [6.07, 6.45) is -3.07. The van der Waals surface area contributed by atoms with Gasteiger partial charge in [0, 0.05) is 18.2 Å². The van der Waals surface area contributed by atoms with Crippen LogP contribution in [0.2, 0.25) is 10.0 Å². The fourth-order valence-electron chi connectivity index (χ4n) is 2.18. The van der Waals surface area contributed by atoms with Crippen molar-refractivity contribution < 1.29 is 17.9 Å². The highest BCUT2D eigenvalue weighted by Gasteiger charge is 2.33. The summed E-state index contributed by atoms with van der Waals surface area (Å²) < 4.78 is 47.2. The van der Waals surface area contributed by atoms with Crippen molar-refractivity contribution in [2.75, 3.05) is 18.1 Å². The van der Waals surface area contributed by atoms with E-state index in [-0.39, 0.29) is 11.8 Å². The van der Waals surface area contributed by atoms with E-state index in [2.05, 4.69) is 20.9 Å². The van der Waals surface area contributed by atoms with Crippen LogP contribution < -0.4 is 4.31 Å². The average molecular weight is 490 g/mol. The molecule has 1 aromatic heterocycles. The number of aromatic nitrogens is 1. The van der Waals surface area contributed by atoms with Crippen molar-refractivity contribution in [1.82, 2.24) is 4.98 Å². The first-order valence-electron chi connectivity index (χ1n) is 7.16. The number of ether oxygens (including phenoxy) is 1. The number of benzene rings is 1. The zero-order chi connectivity index (χ0) is 19.5. The van der Waals surface area contributed by atoms with Crippen molar-refractivity contribution in [2.24, 2.45) is 0 Å². The molecule has 26 heavy (non-hydrogen) atoms. The highest BCUT2D eigenvalue weighted by molar-refractivity contribution is 9.10. The van der Waals surface area contributed by atoms with Crippen LogP contribution >= 0.6 is 49.8 Å². The Kier molecular flexibility index (Phi) is 7.38. The molecule has 0 fully saturated rings. The van der Waals surface area contributed by atoms with Crippen LogP contribution in [0.3, 0.4) is 0 Å². The van der Waals surface area contributed by atoms with Gasteiger partial charge in [-0.1, -0.05) is 33.9 Å². The van der Waals surface area contributed by atoms with Crippen LogP contribution in [0.5, 0.6) is 0 Å². The molecule has 142 valence electrons. The van der Waals surface area contributed by atoms with Gasteiger partial charge in [-0.05, 0) is 52.5 Å². The van der Waals surface area contributed by atoms with Crippen molar-refractivity contribution in [3.63, 3.8) is 0 Å². The van der Waals surface area contributed by atoms with E-state index in [1.165, 1.54) is 19.4 Å². The van der Waals surface area contributed by atoms with Gasteiger partial charge in [-0.2, -0.15) is 13.2 Å². The normalized spacial score (nSPS) is 13.1. The van der Waals surface area contributed by atoms with Crippen LogP contribution in [0.4, 0.5) is 18.9 Å². The first kappa shape index (κ1) is 21.5. The third-order valence-electron chi connectivity index (χ3n) is 3.25. The van der Waals surface area contributed by atoms with Gasteiger partial charge in [-0.15, -0.1) is 0 Å². The minimum absolute atomic E-state index is 0.123. The third kappa shape index (κ3) is 4.92. The first-order valence-corrected chi connectivity index (χ1v) is 9.95. The van der Waals surface area contributed by atoms with Crippen molar-refractivity contribution in [1.29, 1.82) is 0 Å². The van der Waals surface area contributed by atoms with E-state index in [0.29, 0.717) is 20.2 Å². The van der Waals surface area contributed by atoms with Gasteiger partial charge >= 0.3 is 6.18 Å². The van der Waals surface area contributed by atoms with Crippen LogP contribution in [0.15, 0.2) is 40.0 Å². The number of halogens is 6. The van der Waals surface area contributed by atoms with Crippen LogP contribution in [-0.4, -0.2) is 24.2 Å². The zero-order valence-corrected chi connectivity index (χ0v) is 17.6. The predicted octanol–water partition coefficient (Wildman–Crippen LogP) is 6.65. The lowest BCUT2D eigenvalue weighted by molar-refractivity contribution is -0.137. The Morgan fingerprint density at radius 1 is 1.31 bits per heavy atom. The van der Waals surface area contributed by atoms with E-state index < -0.39 is 22.4 Å². The molecule has 0 saturated heterocycles. The maximum atomic E-state index is 13.2. The summed E-state index contributed by atoms with van der Waals surface area (Å²) in [7, 11) is 0.640. The van der Waals surface area contributed by atoms with Gasteiger partial charge in [0.2, 0.25) is 0 Å². The molecule has 1 aromatic carbocycles. The Balaban J connectivity index is 2.59. The molecule has 0 aliphatic rings. The number of hydrogen-bond donors (Lipinski definition) is 0. The van der Waals surface area contributed by atoms with Crippen LogP contribution in [0, 0.1) is 0 Å². The van der Waals surface area contributed by atoms with Crippen LogP contribution in [-0.2, 0) is 10.9 Å². The maximum Gasteiger partial charge on any atom is 0.417 e. The fourth-order valence-corrected chi connectivity index (χ4v) is 4.90. The number of rotatable bonds is 5. The number of pyridine rings is 1. The molecule has 0 amide bonds. The molecule has 0 bridgehead atoms. The molecule has 2 aromatic rings. The van der Waals surface area contributed by atoms with Crippen molar-refractivity contribution in [3.05, 3.63) is 50.7 Å². The average Bonchev–Trinajstić information content (AvgIpc) is 2.57. The fraction of sp³-hybridized carbons (Fsp3) is 0.250. The smallest absolute Gasteiger partial charge is 0.363 e. The molecule has 1 heterocycles. The molecule has 0 aliphatic heterocycles. The highest BCUT2D eigenvalue weighted by Crippen LogP contribution is 2.42. The Labute approximate surface area is 170 Å². The molecule has 0 N–H and O–H groups in total. The van der Waals surface area contributed by atoms with Gasteiger partial charge in [-0.25, -0.2) is 4.98 Å². The summed E-state index contributed by atoms with van der Waals surface area (Å²) in [4.78, 5) is 4.58. The Bertz CT molecular complexity index is 834. The molecule has 0 radical (unpaired) electrons. The van der Waals surface area contributed by atoms with Crippen molar-refractivity contribution in [3.8, 4) is 0 Å². The van der Waals surface area contributed by atoms with Crippen molar-refractivity contribution >= 4 is 60.9 Å². The zero-order valence-electron chi connectivity index (χ0n) is 13.6. The minimum Gasteiger partial charge on any atom is -0.363 e. The van der Waals surface area contributed by atoms with Gasteiger partial charge < -0.3 is 4.74 Å². The quantitative estimate of drug-likeness (QED) is 0.267. The molecule has 1 atom stereocenters. The Morgan fingerprint density at radius 2 is 2.00 bits per heavy atom. The Hall–Kier alpha value is -0.800. The molecular formula is C16H14BrCl2F3N2OS. The topological polar surface area (TPSA) is 25.4 Å². The Morgan fingerprint density at radius 3 is 2.58 bits per heavy atom.